The van der Waals surface area contributed by atoms with E-state index in [4.69, 9.17) is 0 Å². The SMILES string of the molecule is O=[N+]([O-])c1ccc(C2(O)CN(c3ccccc3)C3=[N+]2CCS3)cc1. The Morgan fingerprint density at radius 1 is 1.17 bits per heavy atom. The molecular formula is C17H16N3O3S+. The summed E-state index contributed by atoms with van der Waals surface area (Å²) < 4.78 is 1.99. The van der Waals surface area contributed by atoms with E-state index in [0.717, 1.165) is 23.2 Å². The van der Waals surface area contributed by atoms with Crippen molar-refractivity contribution >= 4 is 28.3 Å². The molecule has 2 heterocycles. The maximum atomic E-state index is 11.4. The Balaban J connectivity index is 1.74. The third-order valence-electron chi connectivity index (χ3n) is 4.44. The van der Waals surface area contributed by atoms with Crippen LogP contribution < -0.4 is 4.90 Å². The highest BCUT2D eigenvalue weighted by Crippen LogP contribution is 2.38. The van der Waals surface area contributed by atoms with Crippen LogP contribution in [0.4, 0.5) is 11.4 Å². The largest absolute Gasteiger partial charge is 0.346 e. The van der Waals surface area contributed by atoms with Gasteiger partial charge in [-0.2, -0.15) is 0 Å². The van der Waals surface area contributed by atoms with Gasteiger partial charge in [-0.1, -0.05) is 18.2 Å². The lowest BCUT2D eigenvalue weighted by Crippen LogP contribution is -2.41. The van der Waals surface area contributed by atoms with Gasteiger partial charge in [-0.25, -0.2) is 9.48 Å². The van der Waals surface area contributed by atoms with Crippen LogP contribution in [0.15, 0.2) is 54.6 Å². The van der Waals surface area contributed by atoms with E-state index >= 15 is 0 Å². The minimum absolute atomic E-state index is 0.0280. The number of nitro groups is 1. The second-order valence-corrected chi connectivity index (χ2v) is 6.89. The molecule has 4 rings (SSSR count). The van der Waals surface area contributed by atoms with Crippen LogP contribution >= 0.6 is 11.8 Å². The number of benzene rings is 2. The standard InChI is InChI=1S/C17H16N3O3S/c21-17(13-6-8-15(9-7-13)20(22)23)12-18(14-4-2-1-3-5-14)16-19(17)10-11-24-16/h1-9,21H,10-12H2/q+1. The van der Waals surface area contributed by atoms with Gasteiger partial charge in [-0.05, 0) is 36.0 Å². The summed E-state index contributed by atoms with van der Waals surface area (Å²) in [6, 6.07) is 16.1. The molecule has 0 aliphatic carbocycles. The molecule has 0 bridgehead atoms. The minimum atomic E-state index is -1.18. The summed E-state index contributed by atoms with van der Waals surface area (Å²) in [6.45, 7) is 1.15. The van der Waals surface area contributed by atoms with Crippen molar-refractivity contribution in [2.45, 2.75) is 5.72 Å². The Hall–Kier alpha value is -2.38. The van der Waals surface area contributed by atoms with Crippen LogP contribution in [0.25, 0.3) is 0 Å². The predicted molar refractivity (Wildman–Crippen MR) is 93.4 cm³/mol. The maximum Gasteiger partial charge on any atom is 0.316 e. The number of nitro benzene ring substituents is 1. The highest BCUT2D eigenvalue weighted by atomic mass is 32.2. The van der Waals surface area contributed by atoms with E-state index in [-0.39, 0.29) is 5.69 Å². The molecular weight excluding hydrogens is 326 g/mol. The Labute approximate surface area is 143 Å². The van der Waals surface area contributed by atoms with Crippen molar-refractivity contribution in [2.75, 3.05) is 23.7 Å². The second kappa shape index (κ2) is 5.61. The van der Waals surface area contributed by atoms with Crippen molar-refractivity contribution in [1.29, 1.82) is 0 Å². The van der Waals surface area contributed by atoms with E-state index in [1.54, 1.807) is 23.9 Å². The van der Waals surface area contributed by atoms with Gasteiger partial charge in [0.2, 0.25) is 0 Å². The number of non-ortho nitro benzene ring substituents is 1. The van der Waals surface area contributed by atoms with Gasteiger partial charge in [0.25, 0.3) is 11.4 Å². The summed E-state index contributed by atoms with van der Waals surface area (Å²) in [5.74, 6) is 0.911. The summed E-state index contributed by atoms with van der Waals surface area (Å²) >= 11 is 1.72. The van der Waals surface area contributed by atoms with Crippen LogP contribution in [-0.2, 0) is 5.72 Å². The molecule has 2 aromatic rings. The van der Waals surface area contributed by atoms with Crippen LogP contribution in [0.1, 0.15) is 5.56 Å². The summed E-state index contributed by atoms with van der Waals surface area (Å²) in [5.41, 5.74) is 0.556. The topological polar surface area (TPSA) is 69.6 Å². The van der Waals surface area contributed by atoms with Crippen molar-refractivity contribution in [3.8, 4) is 0 Å². The molecule has 0 amide bonds. The van der Waals surface area contributed by atoms with Gasteiger partial charge >= 0.3 is 5.17 Å². The lowest BCUT2D eigenvalue weighted by molar-refractivity contribution is -0.650. The fraction of sp³-hybridized carbons (Fsp3) is 0.235. The normalized spacial score (nSPS) is 22.8. The third-order valence-corrected chi connectivity index (χ3v) is 5.53. The fourth-order valence-electron chi connectivity index (χ4n) is 3.25. The van der Waals surface area contributed by atoms with Gasteiger partial charge in [-0.3, -0.25) is 10.1 Å². The molecule has 2 aliphatic rings. The summed E-state index contributed by atoms with van der Waals surface area (Å²) in [5, 5.41) is 23.3. The molecule has 1 N–H and O–H groups in total. The lowest BCUT2D eigenvalue weighted by Gasteiger charge is -2.22. The molecule has 0 spiro atoms. The molecule has 122 valence electrons. The van der Waals surface area contributed by atoms with E-state index in [1.165, 1.54) is 12.1 Å². The van der Waals surface area contributed by atoms with Crippen molar-refractivity contribution in [3.05, 3.63) is 70.3 Å². The number of nitrogens with zero attached hydrogens (tertiary/aromatic N) is 3. The molecule has 0 aromatic heterocycles. The average molecular weight is 342 g/mol. The molecule has 7 heteroatoms. The first kappa shape index (κ1) is 15.2. The third kappa shape index (κ3) is 2.28. The average Bonchev–Trinajstić information content (AvgIpc) is 3.19. The number of amidine groups is 1. The molecule has 2 aliphatic heterocycles. The molecule has 24 heavy (non-hydrogen) atoms. The van der Waals surface area contributed by atoms with Gasteiger partial charge in [0.1, 0.15) is 5.69 Å². The Morgan fingerprint density at radius 3 is 2.54 bits per heavy atom. The predicted octanol–water partition coefficient (Wildman–Crippen LogP) is 2.38. The number of hydrogen-bond acceptors (Lipinski definition) is 5. The van der Waals surface area contributed by atoms with Gasteiger partial charge in [0.05, 0.1) is 11.5 Å². The summed E-state index contributed by atoms with van der Waals surface area (Å²) in [6.07, 6.45) is 0. The van der Waals surface area contributed by atoms with Crippen LogP contribution in [0.3, 0.4) is 0 Å². The lowest BCUT2D eigenvalue weighted by atomic mass is 10.0. The number of para-hydroxylation sites is 1. The van der Waals surface area contributed by atoms with E-state index in [9.17, 15) is 15.2 Å². The molecule has 6 nitrogen and oxygen atoms in total. The summed E-state index contributed by atoms with van der Waals surface area (Å²) in [4.78, 5) is 12.5. The van der Waals surface area contributed by atoms with Crippen LogP contribution in [0, 0.1) is 10.1 Å². The number of aliphatic hydroxyl groups is 1. The van der Waals surface area contributed by atoms with Crippen molar-refractivity contribution in [1.82, 2.24) is 0 Å². The Kier molecular flexibility index (Phi) is 3.54. The van der Waals surface area contributed by atoms with E-state index < -0.39 is 10.6 Å². The summed E-state index contributed by atoms with van der Waals surface area (Å²) in [7, 11) is 0. The van der Waals surface area contributed by atoms with E-state index in [2.05, 4.69) is 4.90 Å². The van der Waals surface area contributed by atoms with Crippen LogP contribution in [-0.4, -0.2) is 38.6 Å². The number of anilines is 1. The molecule has 1 unspecified atom stereocenters. The Morgan fingerprint density at radius 2 is 1.88 bits per heavy atom. The van der Waals surface area contributed by atoms with Crippen molar-refractivity contribution in [2.24, 2.45) is 0 Å². The quantitative estimate of drug-likeness (QED) is 0.527. The zero-order valence-electron chi connectivity index (χ0n) is 12.8. The second-order valence-electron chi connectivity index (χ2n) is 5.82. The minimum Gasteiger partial charge on any atom is -0.346 e. The molecule has 0 saturated carbocycles. The van der Waals surface area contributed by atoms with Gasteiger partial charge in [0, 0.05) is 23.4 Å². The highest BCUT2D eigenvalue weighted by Gasteiger charge is 2.54. The molecule has 1 atom stereocenters. The zero-order valence-corrected chi connectivity index (χ0v) is 13.6. The first-order valence-electron chi connectivity index (χ1n) is 7.67. The first-order chi connectivity index (χ1) is 11.6. The van der Waals surface area contributed by atoms with Gasteiger partial charge < -0.3 is 5.11 Å². The number of thioether (sulfide) groups is 1. The zero-order chi connectivity index (χ0) is 16.7. The van der Waals surface area contributed by atoms with Gasteiger partial charge in [-0.15, -0.1) is 0 Å². The molecule has 0 saturated heterocycles. The monoisotopic (exact) mass is 342 g/mol. The first-order valence-corrected chi connectivity index (χ1v) is 8.65. The number of rotatable bonds is 3. The van der Waals surface area contributed by atoms with Crippen LogP contribution in [0.5, 0.6) is 0 Å². The van der Waals surface area contributed by atoms with Crippen molar-refractivity contribution in [3.63, 3.8) is 0 Å². The fourth-order valence-corrected chi connectivity index (χ4v) is 4.43. The number of β-amino-alcohol motifs (C(OH)–C–C–N with tert-alkyl or cyclic N) is 1. The molecule has 0 radical (unpaired) electrons. The maximum absolute atomic E-state index is 11.4. The Bertz CT molecular complexity index is 823. The van der Waals surface area contributed by atoms with Crippen LogP contribution in [0.2, 0.25) is 0 Å². The highest BCUT2D eigenvalue weighted by molar-refractivity contribution is 8.14. The molecule has 2 aromatic carbocycles. The van der Waals surface area contributed by atoms with E-state index in [0.29, 0.717) is 12.1 Å². The van der Waals surface area contributed by atoms with Gasteiger partial charge in [0.15, 0.2) is 6.54 Å². The number of hydrogen-bond donors (Lipinski definition) is 1. The molecule has 0 fully saturated rings. The van der Waals surface area contributed by atoms with Crippen molar-refractivity contribution < 1.29 is 14.6 Å². The van der Waals surface area contributed by atoms with E-state index in [1.807, 2.05) is 34.9 Å². The smallest absolute Gasteiger partial charge is 0.316 e.